The second-order valence-electron chi connectivity index (χ2n) is 5.94. The van der Waals surface area contributed by atoms with Crippen molar-refractivity contribution in [3.05, 3.63) is 0 Å². The zero-order valence-electron chi connectivity index (χ0n) is 11.0. The van der Waals surface area contributed by atoms with E-state index in [1.807, 2.05) is 20.8 Å². The van der Waals surface area contributed by atoms with Crippen molar-refractivity contribution in [3.8, 4) is 0 Å². The molecule has 2 rings (SSSR count). The molecule has 0 aliphatic carbocycles. The van der Waals surface area contributed by atoms with Gasteiger partial charge in [0.25, 0.3) is 0 Å². The summed E-state index contributed by atoms with van der Waals surface area (Å²) in [5.74, 6) is 0. The molecule has 2 aliphatic rings. The van der Waals surface area contributed by atoms with Crippen molar-refractivity contribution >= 4 is 6.09 Å². The van der Waals surface area contributed by atoms with Crippen LogP contribution < -0.4 is 10.6 Å². The van der Waals surface area contributed by atoms with Gasteiger partial charge >= 0.3 is 6.09 Å². The fraction of sp³-hybridized carbons (Fsp3) is 0.917. The van der Waals surface area contributed by atoms with E-state index in [-0.39, 0.29) is 6.09 Å². The molecule has 0 aromatic rings. The Labute approximate surface area is 103 Å². The van der Waals surface area contributed by atoms with E-state index in [2.05, 4.69) is 10.6 Å². The first-order chi connectivity index (χ1) is 7.94. The van der Waals surface area contributed by atoms with E-state index in [1.54, 1.807) is 4.90 Å². The molecule has 5 heteroatoms. The minimum absolute atomic E-state index is 0.194. The maximum absolute atomic E-state index is 11.7. The van der Waals surface area contributed by atoms with Gasteiger partial charge in [0.05, 0.1) is 0 Å². The molecule has 2 heterocycles. The first-order valence-electron chi connectivity index (χ1n) is 6.39. The average Bonchev–Trinajstić information content (AvgIpc) is 2.59. The zero-order chi connectivity index (χ0) is 12.5. The Bertz CT molecular complexity index is 276. The number of hydrogen-bond acceptors (Lipinski definition) is 4. The molecule has 1 atom stereocenters. The topological polar surface area (TPSA) is 53.6 Å². The molecular weight excluding hydrogens is 218 g/mol. The Balaban J connectivity index is 1.66. The van der Waals surface area contributed by atoms with Crippen molar-refractivity contribution in [1.29, 1.82) is 0 Å². The predicted molar refractivity (Wildman–Crippen MR) is 66.0 cm³/mol. The number of nitrogens with zero attached hydrogens (tertiary/aromatic N) is 1. The first kappa shape index (κ1) is 12.6. The summed E-state index contributed by atoms with van der Waals surface area (Å²) in [5.41, 5.74) is -0.398. The third-order valence-corrected chi connectivity index (χ3v) is 3.06. The zero-order valence-corrected chi connectivity index (χ0v) is 11.0. The molecule has 2 fully saturated rings. The fourth-order valence-electron chi connectivity index (χ4n) is 2.19. The number of rotatable bonds is 2. The Kier molecular flexibility index (Phi) is 3.58. The minimum atomic E-state index is -0.398. The number of carbonyl (C=O) groups excluding carboxylic acids is 1. The Morgan fingerprint density at radius 2 is 2.06 bits per heavy atom. The lowest BCUT2D eigenvalue weighted by Gasteiger charge is -2.41. The Morgan fingerprint density at radius 1 is 1.35 bits per heavy atom. The van der Waals surface area contributed by atoms with Gasteiger partial charge in [-0.2, -0.15) is 0 Å². The van der Waals surface area contributed by atoms with Gasteiger partial charge in [-0.1, -0.05) is 0 Å². The van der Waals surface area contributed by atoms with Crippen molar-refractivity contribution < 1.29 is 9.53 Å². The van der Waals surface area contributed by atoms with E-state index < -0.39 is 5.60 Å². The van der Waals surface area contributed by atoms with Gasteiger partial charge in [0.15, 0.2) is 0 Å². The fourth-order valence-corrected chi connectivity index (χ4v) is 2.19. The third kappa shape index (κ3) is 3.57. The summed E-state index contributed by atoms with van der Waals surface area (Å²) in [4.78, 5) is 13.4. The van der Waals surface area contributed by atoms with E-state index in [0.29, 0.717) is 12.1 Å². The molecule has 98 valence electrons. The maximum Gasteiger partial charge on any atom is 0.410 e. The van der Waals surface area contributed by atoms with Gasteiger partial charge in [-0.05, 0) is 33.7 Å². The second-order valence-corrected chi connectivity index (χ2v) is 5.94. The molecule has 17 heavy (non-hydrogen) atoms. The van der Waals surface area contributed by atoms with Gasteiger partial charge in [0, 0.05) is 31.7 Å². The van der Waals surface area contributed by atoms with Gasteiger partial charge in [-0.25, -0.2) is 4.79 Å². The van der Waals surface area contributed by atoms with E-state index in [1.165, 1.54) is 6.42 Å². The van der Waals surface area contributed by atoms with Crippen molar-refractivity contribution in [2.45, 2.75) is 44.9 Å². The SMILES string of the molecule is CC(C)(C)OC(=O)N1CC(NC2CCNC2)C1. The van der Waals surface area contributed by atoms with Gasteiger partial charge in [0.1, 0.15) is 5.60 Å². The minimum Gasteiger partial charge on any atom is -0.444 e. The normalized spacial score (nSPS) is 25.8. The van der Waals surface area contributed by atoms with Crippen molar-refractivity contribution in [1.82, 2.24) is 15.5 Å². The standard InChI is InChI=1S/C12H23N3O2/c1-12(2,3)17-11(16)15-7-10(8-15)14-9-4-5-13-6-9/h9-10,13-14H,4-8H2,1-3H3. The monoisotopic (exact) mass is 241 g/mol. The lowest BCUT2D eigenvalue weighted by Crippen LogP contribution is -2.62. The molecule has 2 N–H and O–H groups in total. The van der Waals surface area contributed by atoms with Crippen molar-refractivity contribution in [2.75, 3.05) is 26.2 Å². The van der Waals surface area contributed by atoms with Gasteiger partial charge in [0.2, 0.25) is 0 Å². The van der Waals surface area contributed by atoms with Crippen LogP contribution in [0.2, 0.25) is 0 Å². The van der Waals surface area contributed by atoms with Gasteiger partial charge in [-0.3, -0.25) is 0 Å². The van der Waals surface area contributed by atoms with Crippen LogP contribution in [0.25, 0.3) is 0 Å². The lowest BCUT2D eigenvalue weighted by molar-refractivity contribution is 0.00439. The highest BCUT2D eigenvalue weighted by Gasteiger charge is 2.34. The Morgan fingerprint density at radius 3 is 2.59 bits per heavy atom. The molecule has 0 spiro atoms. The molecule has 0 aromatic carbocycles. The van der Waals surface area contributed by atoms with Gasteiger partial charge in [-0.15, -0.1) is 0 Å². The van der Waals surface area contributed by atoms with Crippen LogP contribution in [0.5, 0.6) is 0 Å². The van der Waals surface area contributed by atoms with E-state index in [4.69, 9.17) is 4.74 Å². The quantitative estimate of drug-likeness (QED) is 0.741. The molecular formula is C12H23N3O2. The molecule has 1 amide bonds. The van der Waals surface area contributed by atoms with E-state index in [0.717, 1.165) is 26.2 Å². The number of amides is 1. The van der Waals surface area contributed by atoms with Crippen LogP contribution in [-0.2, 0) is 4.74 Å². The molecule has 1 unspecified atom stereocenters. The smallest absolute Gasteiger partial charge is 0.410 e. The molecule has 2 aliphatic heterocycles. The predicted octanol–water partition coefficient (Wildman–Crippen LogP) is 0.557. The van der Waals surface area contributed by atoms with Crippen molar-refractivity contribution in [2.24, 2.45) is 0 Å². The number of nitrogens with one attached hydrogen (secondary N) is 2. The van der Waals surface area contributed by atoms with Crippen LogP contribution in [0, 0.1) is 0 Å². The average molecular weight is 241 g/mol. The summed E-state index contributed by atoms with van der Waals surface area (Å²) in [5, 5.41) is 6.87. The molecule has 0 bridgehead atoms. The first-order valence-corrected chi connectivity index (χ1v) is 6.39. The molecule has 0 radical (unpaired) electrons. The molecule has 0 saturated carbocycles. The highest BCUT2D eigenvalue weighted by molar-refractivity contribution is 5.69. The summed E-state index contributed by atoms with van der Waals surface area (Å²) < 4.78 is 5.31. The number of likely N-dealkylation sites (tertiary alicyclic amines) is 1. The van der Waals surface area contributed by atoms with Crippen LogP contribution in [0.4, 0.5) is 4.79 Å². The number of carbonyl (C=O) groups is 1. The van der Waals surface area contributed by atoms with Crippen LogP contribution in [0.3, 0.4) is 0 Å². The summed E-state index contributed by atoms with van der Waals surface area (Å²) >= 11 is 0. The largest absolute Gasteiger partial charge is 0.444 e. The number of hydrogen-bond donors (Lipinski definition) is 2. The van der Waals surface area contributed by atoms with Crippen LogP contribution in [0.15, 0.2) is 0 Å². The maximum atomic E-state index is 11.7. The van der Waals surface area contributed by atoms with E-state index >= 15 is 0 Å². The molecule has 0 aromatic heterocycles. The third-order valence-electron chi connectivity index (χ3n) is 3.06. The summed E-state index contributed by atoms with van der Waals surface area (Å²) in [6.45, 7) is 9.36. The molecule has 2 saturated heterocycles. The lowest BCUT2D eigenvalue weighted by atomic mass is 10.1. The molecule has 5 nitrogen and oxygen atoms in total. The highest BCUT2D eigenvalue weighted by Crippen LogP contribution is 2.16. The van der Waals surface area contributed by atoms with Crippen molar-refractivity contribution in [3.63, 3.8) is 0 Å². The summed E-state index contributed by atoms with van der Waals surface area (Å²) in [6.07, 6.45) is 0.989. The second kappa shape index (κ2) is 4.82. The highest BCUT2D eigenvalue weighted by atomic mass is 16.6. The van der Waals surface area contributed by atoms with Crippen LogP contribution in [-0.4, -0.2) is 54.9 Å². The summed E-state index contributed by atoms with van der Waals surface area (Å²) in [7, 11) is 0. The van der Waals surface area contributed by atoms with E-state index in [9.17, 15) is 4.79 Å². The van der Waals surface area contributed by atoms with Crippen LogP contribution >= 0.6 is 0 Å². The Hall–Kier alpha value is -0.810. The van der Waals surface area contributed by atoms with Crippen LogP contribution in [0.1, 0.15) is 27.2 Å². The van der Waals surface area contributed by atoms with Gasteiger partial charge < -0.3 is 20.3 Å². The summed E-state index contributed by atoms with van der Waals surface area (Å²) in [6, 6.07) is 1.01. The number of ether oxygens (including phenoxy) is 1.